The van der Waals surface area contributed by atoms with E-state index in [2.05, 4.69) is 45.9 Å². The molecule has 0 aromatic heterocycles. The van der Waals surface area contributed by atoms with Gasteiger partial charge in [-0.3, -0.25) is 0 Å². The largest absolute Gasteiger partial charge is 0.392 e. The molecule has 0 rings (SSSR count). The van der Waals surface area contributed by atoms with Crippen LogP contribution in [0, 0.1) is 0 Å². The monoisotopic (exact) mass is 274 g/mol. The molecule has 0 spiro atoms. The minimum atomic E-state index is 0.101. The van der Waals surface area contributed by atoms with Gasteiger partial charge in [-0.2, -0.15) is 0 Å². The van der Waals surface area contributed by atoms with Gasteiger partial charge in [-0.15, -0.1) is 0 Å². The Morgan fingerprint density at radius 1 is 0.800 bits per heavy atom. The molecule has 0 atom stereocenters. The van der Waals surface area contributed by atoms with Crippen molar-refractivity contribution in [2.24, 2.45) is 0 Å². The van der Waals surface area contributed by atoms with Crippen LogP contribution in [-0.2, 0) is 0 Å². The Balaban J connectivity index is 3.96. The van der Waals surface area contributed by atoms with Gasteiger partial charge in [-0.25, -0.2) is 0 Å². The normalized spacial score (nSPS) is 13.4. The van der Waals surface area contributed by atoms with Crippen LogP contribution in [0.4, 0.5) is 0 Å². The minimum Gasteiger partial charge on any atom is -0.392 e. The molecular formula is C19H30O. The second-order valence-electron chi connectivity index (χ2n) is 5.42. The van der Waals surface area contributed by atoms with Crippen LogP contribution in [-0.4, -0.2) is 11.7 Å². The van der Waals surface area contributed by atoms with Gasteiger partial charge in [0.15, 0.2) is 0 Å². The van der Waals surface area contributed by atoms with E-state index in [-0.39, 0.29) is 6.61 Å². The Morgan fingerprint density at radius 2 is 1.45 bits per heavy atom. The quantitative estimate of drug-likeness (QED) is 0.434. The predicted octanol–water partition coefficient (Wildman–Crippen LogP) is 5.51. The molecule has 1 nitrogen and oxygen atoms in total. The first-order valence-electron chi connectivity index (χ1n) is 7.45. The molecule has 0 saturated heterocycles. The van der Waals surface area contributed by atoms with Gasteiger partial charge >= 0.3 is 0 Å². The highest BCUT2D eigenvalue weighted by atomic mass is 16.2. The van der Waals surface area contributed by atoms with E-state index in [1.807, 2.05) is 18.2 Å². The summed E-state index contributed by atoms with van der Waals surface area (Å²) in [5, 5.41) is 8.59. The fraction of sp³-hybridized carbons (Fsp3) is 0.474. The summed E-state index contributed by atoms with van der Waals surface area (Å²) in [5.74, 6) is 0. The number of aliphatic hydroxyl groups is 1. The average Bonchev–Trinajstić information content (AvgIpc) is 2.38. The molecule has 0 aromatic carbocycles. The van der Waals surface area contributed by atoms with Crippen LogP contribution in [0.25, 0.3) is 0 Å². The summed E-state index contributed by atoms with van der Waals surface area (Å²) in [7, 11) is 0. The third kappa shape index (κ3) is 13.1. The fourth-order valence-corrected chi connectivity index (χ4v) is 1.74. The molecule has 0 aromatic rings. The lowest BCUT2D eigenvalue weighted by molar-refractivity contribution is 0.343. The van der Waals surface area contributed by atoms with Crippen molar-refractivity contribution in [1.29, 1.82) is 0 Å². The lowest BCUT2D eigenvalue weighted by atomic mass is 10.1. The Hall–Kier alpha value is -1.34. The van der Waals surface area contributed by atoms with Crippen LogP contribution in [0.15, 0.2) is 59.3 Å². The summed E-state index contributed by atoms with van der Waals surface area (Å²) in [6.45, 7) is 8.78. The van der Waals surface area contributed by atoms with Gasteiger partial charge in [0.1, 0.15) is 0 Å². The maximum atomic E-state index is 8.59. The van der Waals surface area contributed by atoms with Crippen molar-refractivity contribution in [3.05, 3.63) is 59.3 Å². The standard InChI is InChI=1S/C19H30O/c1-17(2)11-9-13-19(4)15-10-14-18(3)12-7-5-6-8-16-20/h5-8,11-12,15,20H,9-10,13-14,16H2,1-4H3/b7-5+,8-6+,18-12+,19-15+. The zero-order valence-electron chi connectivity index (χ0n) is 13.5. The summed E-state index contributed by atoms with van der Waals surface area (Å²) in [6, 6.07) is 0. The van der Waals surface area contributed by atoms with Crippen LogP contribution >= 0.6 is 0 Å². The van der Waals surface area contributed by atoms with E-state index in [1.54, 1.807) is 6.08 Å². The molecule has 112 valence electrons. The molecule has 0 bridgehead atoms. The zero-order valence-corrected chi connectivity index (χ0v) is 13.5. The summed E-state index contributed by atoms with van der Waals surface area (Å²) < 4.78 is 0. The Kier molecular flexibility index (Phi) is 11.8. The molecule has 0 aliphatic carbocycles. The molecule has 0 unspecified atom stereocenters. The average molecular weight is 274 g/mol. The second-order valence-corrected chi connectivity index (χ2v) is 5.42. The number of aliphatic hydroxyl groups excluding tert-OH is 1. The Bertz CT molecular complexity index is 388. The fourth-order valence-electron chi connectivity index (χ4n) is 1.74. The number of hydrogen-bond donors (Lipinski definition) is 1. The highest BCUT2D eigenvalue weighted by Gasteiger charge is 1.91. The molecule has 0 radical (unpaired) electrons. The van der Waals surface area contributed by atoms with E-state index in [1.165, 1.54) is 23.1 Å². The topological polar surface area (TPSA) is 20.2 Å². The third-order valence-electron chi connectivity index (χ3n) is 2.97. The SMILES string of the molecule is CC(C)=CCC/C(C)=C/CC/C(C)=C/C=C/C=C/CO. The van der Waals surface area contributed by atoms with Crippen LogP contribution in [0.5, 0.6) is 0 Å². The lowest BCUT2D eigenvalue weighted by Gasteiger charge is -2.00. The first-order valence-corrected chi connectivity index (χ1v) is 7.45. The van der Waals surface area contributed by atoms with Crippen molar-refractivity contribution < 1.29 is 5.11 Å². The molecule has 0 heterocycles. The maximum Gasteiger partial charge on any atom is 0.0615 e. The van der Waals surface area contributed by atoms with Crippen molar-refractivity contribution in [3.63, 3.8) is 0 Å². The minimum absolute atomic E-state index is 0.101. The Morgan fingerprint density at radius 3 is 2.10 bits per heavy atom. The highest BCUT2D eigenvalue weighted by molar-refractivity contribution is 5.16. The zero-order chi connectivity index (χ0) is 15.2. The van der Waals surface area contributed by atoms with Gasteiger partial charge in [0.05, 0.1) is 6.61 Å². The number of allylic oxidation sites excluding steroid dienone is 9. The Labute approximate surface area is 125 Å². The first kappa shape index (κ1) is 18.7. The smallest absolute Gasteiger partial charge is 0.0615 e. The third-order valence-corrected chi connectivity index (χ3v) is 2.97. The molecule has 20 heavy (non-hydrogen) atoms. The van der Waals surface area contributed by atoms with E-state index in [0.29, 0.717) is 0 Å². The van der Waals surface area contributed by atoms with Crippen molar-refractivity contribution in [2.45, 2.75) is 53.4 Å². The molecule has 0 aliphatic rings. The highest BCUT2D eigenvalue weighted by Crippen LogP contribution is 2.11. The molecule has 0 aliphatic heterocycles. The van der Waals surface area contributed by atoms with Gasteiger partial charge in [0.2, 0.25) is 0 Å². The van der Waals surface area contributed by atoms with Crippen LogP contribution in [0.1, 0.15) is 53.4 Å². The number of rotatable bonds is 9. The molecular weight excluding hydrogens is 244 g/mol. The number of hydrogen-bond acceptors (Lipinski definition) is 1. The van der Waals surface area contributed by atoms with Gasteiger partial charge in [-0.1, -0.05) is 59.3 Å². The van der Waals surface area contributed by atoms with Gasteiger partial charge in [0, 0.05) is 0 Å². The van der Waals surface area contributed by atoms with Crippen molar-refractivity contribution in [1.82, 2.24) is 0 Å². The molecule has 0 saturated carbocycles. The first-order chi connectivity index (χ1) is 9.56. The van der Waals surface area contributed by atoms with Crippen LogP contribution in [0.3, 0.4) is 0 Å². The van der Waals surface area contributed by atoms with E-state index >= 15 is 0 Å². The second kappa shape index (κ2) is 12.7. The van der Waals surface area contributed by atoms with Crippen molar-refractivity contribution in [3.8, 4) is 0 Å². The van der Waals surface area contributed by atoms with Crippen molar-refractivity contribution >= 4 is 0 Å². The van der Waals surface area contributed by atoms with Gasteiger partial charge in [0.25, 0.3) is 0 Å². The van der Waals surface area contributed by atoms with Crippen LogP contribution < -0.4 is 0 Å². The van der Waals surface area contributed by atoms with Gasteiger partial charge in [-0.05, 0) is 53.4 Å². The molecule has 1 heteroatoms. The maximum absolute atomic E-state index is 8.59. The lowest BCUT2D eigenvalue weighted by Crippen LogP contribution is -1.80. The van der Waals surface area contributed by atoms with Gasteiger partial charge < -0.3 is 5.11 Å². The van der Waals surface area contributed by atoms with E-state index in [4.69, 9.17) is 5.11 Å². The summed E-state index contributed by atoms with van der Waals surface area (Å²) >= 11 is 0. The van der Waals surface area contributed by atoms with Crippen molar-refractivity contribution in [2.75, 3.05) is 6.61 Å². The van der Waals surface area contributed by atoms with E-state index in [0.717, 1.165) is 19.3 Å². The summed E-state index contributed by atoms with van der Waals surface area (Å²) in [4.78, 5) is 0. The van der Waals surface area contributed by atoms with Crippen LogP contribution in [0.2, 0.25) is 0 Å². The molecule has 1 N–H and O–H groups in total. The molecule has 0 amide bonds. The molecule has 0 fully saturated rings. The summed E-state index contributed by atoms with van der Waals surface area (Å²) in [6.07, 6.45) is 18.9. The predicted molar refractivity (Wildman–Crippen MR) is 90.8 cm³/mol. The summed E-state index contributed by atoms with van der Waals surface area (Å²) in [5.41, 5.74) is 4.27. The van der Waals surface area contributed by atoms with E-state index in [9.17, 15) is 0 Å². The van der Waals surface area contributed by atoms with E-state index < -0.39 is 0 Å².